The molecule has 4 nitrogen and oxygen atoms in total. The van der Waals surface area contributed by atoms with Crippen LogP contribution in [-0.4, -0.2) is 18.9 Å². The van der Waals surface area contributed by atoms with Gasteiger partial charge < -0.3 is 4.74 Å². The first-order chi connectivity index (χ1) is 8.13. The van der Waals surface area contributed by atoms with E-state index in [1.54, 1.807) is 13.0 Å². The van der Waals surface area contributed by atoms with E-state index in [1.165, 1.54) is 6.07 Å². The zero-order chi connectivity index (χ0) is 12.8. The van der Waals surface area contributed by atoms with Crippen molar-refractivity contribution in [1.82, 2.24) is 0 Å². The smallest absolute Gasteiger partial charge is 0.310 e. The molecule has 0 unspecified atom stereocenters. The van der Waals surface area contributed by atoms with Crippen LogP contribution in [-0.2, 0) is 16.0 Å². The van der Waals surface area contributed by atoms with Gasteiger partial charge >= 0.3 is 5.97 Å². The molecule has 0 bridgehead atoms. The van der Waals surface area contributed by atoms with E-state index in [1.807, 2.05) is 6.07 Å². The number of thiol groups is 1. The van der Waals surface area contributed by atoms with Gasteiger partial charge in [0.15, 0.2) is 6.29 Å². The number of nitriles is 1. The third-order valence-corrected chi connectivity index (χ3v) is 2.66. The van der Waals surface area contributed by atoms with Crippen molar-refractivity contribution < 1.29 is 14.3 Å². The highest BCUT2D eigenvalue weighted by molar-refractivity contribution is 7.80. The van der Waals surface area contributed by atoms with Crippen molar-refractivity contribution in [3.8, 4) is 6.07 Å². The number of esters is 1. The topological polar surface area (TPSA) is 67.2 Å². The van der Waals surface area contributed by atoms with Crippen LogP contribution >= 0.6 is 12.6 Å². The monoisotopic (exact) mass is 249 g/mol. The zero-order valence-electron chi connectivity index (χ0n) is 9.27. The maximum atomic E-state index is 11.3. The second-order valence-corrected chi connectivity index (χ2v) is 3.70. The molecule has 0 N–H and O–H groups in total. The highest BCUT2D eigenvalue weighted by atomic mass is 32.1. The van der Waals surface area contributed by atoms with E-state index in [0.717, 1.165) is 0 Å². The molecule has 17 heavy (non-hydrogen) atoms. The minimum Gasteiger partial charge on any atom is -0.466 e. The maximum absolute atomic E-state index is 11.3. The fraction of sp³-hybridized carbons (Fsp3) is 0.250. The Balaban J connectivity index is 3.10. The lowest BCUT2D eigenvalue weighted by Gasteiger charge is -2.07. The zero-order valence-corrected chi connectivity index (χ0v) is 10.2. The highest BCUT2D eigenvalue weighted by Gasteiger charge is 2.13. The predicted octanol–water partition coefficient (Wildman–Crippen LogP) is 1.77. The summed E-state index contributed by atoms with van der Waals surface area (Å²) in [6.07, 6.45) is 0.626. The van der Waals surface area contributed by atoms with Crippen LogP contribution in [0.25, 0.3) is 0 Å². The minimum atomic E-state index is -0.407. The molecule has 1 aromatic rings. The first kappa shape index (κ1) is 13.3. The Kier molecular flexibility index (Phi) is 4.73. The van der Waals surface area contributed by atoms with Gasteiger partial charge in [-0.15, -0.1) is 12.6 Å². The lowest BCUT2D eigenvalue weighted by Crippen LogP contribution is -2.09. The molecule has 0 fully saturated rings. The first-order valence-corrected chi connectivity index (χ1v) is 5.44. The van der Waals surface area contributed by atoms with Crippen LogP contribution in [0.15, 0.2) is 17.0 Å². The van der Waals surface area contributed by atoms with E-state index >= 15 is 0 Å². The van der Waals surface area contributed by atoms with E-state index in [0.29, 0.717) is 28.9 Å². The van der Waals surface area contributed by atoms with Crippen molar-refractivity contribution in [2.24, 2.45) is 0 Å². The Morgan fingerprint density at radius 2 is 2.29 bits per heavy atom. The molecule has 0 atom stereocenters. The molecular formula is C12H11NO3S. The number of rotatable bonds is 4. The largest absolute Gasteiger partial charge is 0.466 e. The summed E-state index contributed by atoms with van der Waals surface area (Å²) >= 11 is 4.11. The van der Waals surface area contributed by atoms with Crippen molar-refractivity contribution in [1.29, 1.82) is 5.26 Å². The lowest BCUT2D eigenvalue weighted by molar-refractivity contribution is -0.142. The van der Waals surface area contributed by atoms with Gasteiger partial charge in [-0.2, -0.15) is 5.26 Å². The second-order valence-electron chi connectivity index (χ2n) is 3.25. The predicted molar refractivity (Wildman–Crippen MR) is 64.1 cm³/mol. The third kappa shape index (κ3) is 3.08. The van der Waals surface area contributed by atoms with Crippen molar-refractivity contribution in [3.05, 3.63) is 28.8 Å². The molecule has 0 amide bonds. The summed E-state index contributed by atoms with van der Waals surface area (Å²) in [4.78, 5) is 22.3. The molecule has 0 radical (unpaired) electrons. The molecule has 0 saturated heterocycles. The number of hydrogen-bond donors (Lipinski definition) is 1. The molecule has 0 aromatic heterocycles. The van der Waals surface area contributed by atoms with Crippen LogP contribution < -0.4 is 0 Å². The van der Waals surface area contributed by atoms with Gasteiger partial charge in [-0.3, -0.25) is 9.59 Å². The van der Waals surface area contributed by atoms with Crippen molar-refractivity contribution in [2.75, 3.05) is 6.61 Å². The number of nitrogens with zero attached hydrogens (tertiary/aromatic N) is 1. The van der Waals surface area contributed by atoms with Crippen molar-refractivity contribution in [3.63, 3.8) is 0 Å². The van der Waals surface area contributed by atoms with Crippen LogP contribution in [0.5, 0.6) is 0 Å². The molecule has 5 heteroatoms. The van der Waals surface area contributed by atoms with E-state index in [2.05, 4.69) is 12.6 Å². The molecule has 0 aliphatic rings. The van der Waals surface area contributed by atoms with Gasteiger partial charge in [0, 0.05) is 10.5 Å². The van der Waals surface area contributed by atoms with Gasteiger partial charge in [0.2, 0.25) is 0 Å². The van der Waals surface area contributed by atoms with Gasteiger partial charge in [-0.05, 0) is 12.5 Å². The Morgan fingerprint density at radius 1 is 1.59 bits per heavy atom. The fourth-order valence-electron chi connectivity index (χ4n) is 1.38. The number of benzene rings is 1. The molecule has 0 aliphatic heterocycles. The van der Waals surface area contributed by atoms with E-state index in [9.17, 15) is 9.59 Å². The molecule has 0 heterocycles. The summed E-state index contributed by atoms with van der Waals surface area (Å²) in [5.41, 5.74) is 1.09. The molecule has 88 valence electrons. The van der Waals surface area contributed by atoms with Crippen LogP contribution in [0.3, 0.4) is 0 Å². The Bertz CT molecular complexity index is 491. The van der Waals surface area contributed by atoms with Crippen LogP contribution in [0.2, 0.25) is 0 Å². The van der Waals surface area contributed by atoms with Gasteiger partial charge in [-0.1, -0.05) is 12.1 Å². The summed E-state index contributed by atoms with van der Waals surface area (Å²) in [6.45, 7) is 2.00. The van der Waals surface area contributed by atoms with Gasteiger partial charge in [0.1, 0.15) is 6.07 Å². The number of carbonyl (C=O) groups is 2. The van der Waals surface area contributed by atoms with Crippen molar-refractivity contribution >= 4 is 24.9 Å². The highest BCUT2D eigenvalue weighted by Crippen LogP contribution is 2.22. The summed E-state index contributed by atoms with van der Waals surface area (Å²) in [5, 5.41) is 9.00. The SMILES string of the molecule is CCOC(=O)Cc1ccc(C=O)c(S)c1C#N. The molecule has 0 saturated carbocycles. The normalized spacial score (nSPS) is 9.47. The molecular weight excluding hydrogens is 238 g/mol. The van der Waals surface area contributed by atoms with Crippen LogP contribution in [0.1, 0.15) is 28.4 Å². The summed E-state index contributed by atoms with van der Waals surface area (Å²) in [5.74, 6) is -0.407. The fourth-order valence-corrected chi connectivity index (χ4v) is 1.70. The number of hydrogen-bond acceptors (Lipinski definition) is 5. The minimum absolute atomic E-state index is 0.00340. The Labute approximate surface area is 105 Å². The molecule has 0 aliphatic carbocycles. The number of carbonyl (C=O) groups excluding carboxylic acids is 2. The van der Waals surface area contributed by atoms with Gasteiger partial charge in [-0.25, -0.2) is 0 Å². The third-order valence-electron chi connectivity index (χ3n) is 2.17. The van der Waals surface area contributed by atoms with Crippen LogP contribution in [0, 0.1) is 11.3 Å². The van der Waals surface area contributed by atoms with E-state index < -0.39 is 5.97 Å². The Morgan fingerprint density at radius 3 is 2.82 bits per heavy atom. The van der Waals surface area contributed by atoms with Gasteiger partial charge in [0.25, 0.3) is 0 Å². The number of ether oxygens (including phenoxy) is 1. The molecule has 1 rings (SSSR count). The summed E-state index contributed by atoms with van der Waals surface area (Å²) < 4.78 is 4.80. The molecule has 0 spiro atoms. The Hall–Kier alpha value is -1.80. The van der Waals surface area contributed by atoms with Crippen molar-refractivity contribution in [2.45, 2.75) is 18.2 Å². The summed E-state index contributed by atoms with van der Waals surface area (Å²) in [6, 6.07) is 5.04. The second kappa shape index (κ2) is 6.06. The maximum Gasteiger partial charge on any atom is 0.310 e. The standard InChI is InChI=1S/C12H11NO3S/c1-2-16-11(15)5-8-3-4-9(7-14)12(17)10(8)6-13/h3-4,7,17H,2,5H2,1H3. The molecule has 1 aromatic carbocycles. The van der Waals surface area contributed by atoms with Crippen LogP contribution in [0.4, 0.5) is 0 Å². The average Bonchev–Trinajstić information content (AvgIpc) is 2.30. The first-order valence-electron chi connectivity index (χ1n) is 4.99. The quantitative estimate of drug-likeness (QED) is 0.501. The average molecular weight is 249 g/mol. The van der Waals surface area contributed by atoms with E-state index in [4.69, 9.17) is 10.00 Å². The summed E-state index contributed by atoms with van der Waals surface area (Å²) in [7, 11) is 0. The van der Waals surface area contributed by atoms with Gasteiger partial charge in [0.05, 0.1) is 18.6 Å². The lowest BCUT2D eigenvalue weighted by atomic mass is 10.0. The van der Waals surface area contributed by atoms with E-state index in [-0.39, 0.29) is 12.0 Å². The number of aldehydes is 1.